The Hall–Kier alpha value is -1.26. The fraction of sp³-hybridized carbons (Fsp3) is 0.800. The third kappa shape index (κ3) is 22.4. The molecule has 9 heteroatoms. The van der Waals surface area contributed by atoms with Gasteiger partial charge in [-0.3, -0.25) is 0 Å². The molecular weight excluding hydrogens is 264 g/mol. The van der Waals surface area contributed by atoms with E-state index in [-0.39, 0.29) is 13.2 Å². The highest BCUT2D eigenvalue weighted by Gasteiger charge is 2.04. The van der Waals surface area contributed by atoms with Crippen molar-refractivity contribution >= 4 is 11.9 Å². The first-order valence-electron chi connectivity index (χ1n) is 5.47. The molecule has 0 aromatic rings. The van der Waals surface area contributed by atoms with E-state index in [1.165, 1.54) is 0 Å². The van der Waals surface area contributed by atoms with Crippen LogP contribution in [0.1, 0.15) is 0 Å². The van der Waals surface area contributed by atoms with Crippen LogP contribution in [-0.2, 0) is 23.8 Å². The molecule has 0 unspecified atom stereocenters. The predicted octanol–water partition coefficient (Wildman–Crippen LogP) is -1.82. The molecule has 0 amide bonds. The van der Waals surface area contributed by atoms with E-state index in [2.05, 4.69) is 0 Å². The molecule has 0 aliphatic carbocycles. The molecule has 0 bridgehead atoms. The fourth-order valence-electron chi connectivity index (χ4n) is 0.671. The minimum absolute atomic E-state index is 0.0413. The van der Waals surface area contributed by atoms with Gasteiger partial charge in [-0.1, -0.05) is 0 Å². The lowest BCUT2D eigenvalue weighted by atomic mass is 10.7. The highest BCUT2D eigenvalue weighted by Crippen LogP contribution is 1.80. The largest absolute Gasteiger partial charge is 0.473 e. The Labute approximate surface area is 110 Å². The summed E-state index contributed by atoms with van der Waals surface area (Å²) in [6.45, 7) is 2.76. The minimum atomic E-state index is -1.82. The predicted molar refractivity (Wildman–Crippen MR) is 61.9 cm³/mol. The Morgan fingerprint density at radius 2 is 0.895 bits per heavy atom. The van der Waals surface area contributed by atoms with Crippen LogP contribution in [0.15, 0.2) is 0 Å². The highest BCUT2D eigenvalue weighted by atomic mass is 16.5. The Morgan fingerprint density at radius 1 is 0.632 bits per heavy atom. The van der Waals surface area contributed by atoms with Gasteiger partial charge in [0, 0.05) is 0 Å². The van der Waals surface area contributed by atoms with Gasteiger partial charge in [0.2, 0.25) is 0 Å². The number of ether oxygens (including phenoxy) is 3. The van der Waals surface area contributed by atoms with Crippen molar-refractivity contribution in [2.45, 2.75) is 0 Å². The first-order chi connectivity index (χ1) is 9.06. The molecule has 0 aliphatic rings. The molecule has 0 heterocycles. The fourth-order valence-corrected chi connectivity index (χ4v) is 0.671. The van der Waals surface area contributed by atoms with Crippen LogP contribution in [-0.4, -0.2) is 85.2 Å². The molecule has 0 saturated heterocycles. The van der Waals surface area contributed by atoms with Crippen LogP contribution >= 0.6 is 0 Å². The summed E-state index contributed by atoms with van der Waals surface area (Å²) < 4.78 is 15.0. The highest BCUT2D eigenvalue weighted by molar-refractivity contribution is 6.27. The van der Waals surface area contributed by atoms with Crippen molar-refractivity contribution < 1.29 is 44.2 Å². The van der Waals surface area contributed by atoms with Crippen molar-refractivity contribution in [3.05, 3.63) is 0 Å². The van der Waals surface area contributed by atoms with Gasteiger partial charge < -0.3 is 34.6 Å². The third-order valence-corrected chi connectivity index (χ3v) is 1.40. The lowest BCUT2D eigenvalue weighted by Gasteiger charge is -2.04. The molecule has 0 radical (unpaired) electrons. The van der Waals surface area contributed by atoms with Gasteiger partial charge in [0.05, 0.1) is 52.9 Å². The number of carbonyl (C=O) groups is 2. The normalized spacial score (nSPS) is 9.58. The van der Waals surface area contributed by atoms with Gasteiger partial charge in [0.1, 0.15) is 0 Å². The summed E-state index contributed by atoms with van der Waals surface area (Å²) in [5.74, 6) is -3.65. The van der Waals surface area contributed by atoms with Crippen LogP contribution in [0.3, 0.4) is 0 Å². The summed E-state index contributed by atoms with van der Waals surface area (Å²) in [4.78, 5) is 18.2. The molecule has 0 saturated carbocycles. The van der Waals surface area contributed by atoms with E-state index in [0.717, 1.165) is 0 Å². The molecule has 114 valence electrons. The molecule has 0 spiro atoms. The summed E-state index contributed by atoms with van der Waals surface area (Å²) in [6.07, 6.45) is 0. The van der Waals surface area contributed by atoms with Crippen molar-refractivity contribution in [2.75, 3.05) is 52.9 Å². The summed E-state index contributed by atoms with van der Waals surface area (Å²) in [7, 11) is 0. The van der Waals surface area contributed by atoms with Crippen molar-refractivity contribution in [1.82, 2.24) is 0 Å². The van der Waals surface area contributed by atoms with E-state index in [1.807, 2.05) is 0 Å². The molecule has 0 aromatic heterocycles. The number of aliphatic carboxylic acids is 2. The van der Waals surface area contributed by atoms with Gasteiger partial charge in [-0.25, -0.2) is 9.59 Å². The molecule has 0 fully saturated rings. The number of carboxylic acid groups (broad SMARTS) is 2. The summed E-state index contributed by atoms with van der Waals surface area (Å²) >= 11 is 0. The Bertz CT molecular complexity index is 197. The molecule has 0 atom stereocenters. The van der Waals surface area contributed by atoms with Gasteiger partial charge in [0.25, 0.3) is 0 Å². The second-order valence-electron chi connectivity index (χ2n) is 2.89. The maximum Gasteiger partial charge on any atom is 0.414 e. The average Bonchev–Trinajstić information content (AvgIpc) is 2.37. The molecule has 0 aromatic carbocycles. The zero-order chi connectivity index (χ0) is 14.9. The molecule has 19 heavy (non-hydrogen) atoms. The molecule has 4 N–H and O–H groups in total. The molecule has 9 nitrogen and oxygen atoms in total. The first kappa shape index (κ1) is 20.1. The molecule has 0 aliphatic heterocycles. The summed E-state index contributed by atoms with van der Waals surface area (Å²) in [5, 5.41) is 31.5. The van der Waals surface area contributed by atoms with Crippen molar-refractivity contribution in [1.29, 1.82) is 0 Å². The standard InChI is InChI=1S/C8H18O5.C2H2O4/c9-1-3-11-5-7-13-8-6-12-4-2-10;3-1(4)2(5)6/h9-10H,1-8H2;(H,3,4)(H,5,6). The average molecular weight is 284 g/mol. The Kier molecular flexibility index (Phi) is 17.7. The zero-order valence-corrected chi connectivity index (χ0v) is 10.5. The number of hydrogen-bond donors (Lipinski definition) is 4. The number of carboxylic acids is 2. The van der Waals surface area contributed by atoms with E-state index in [1.54, 1.807) is 0 Å². The Balaban J connectivity index is 0. The van der Waals surface area contributed by atoms with Crippen LogP contribution < -0.4 is 0 Å². The van der Waals surface area contributed by atoms with Crippen molar-refractivity contribution in [3.63, 3.8) is 0 Å². The van der Waals surface area contributed by atoms with Crippen LogP contribution in [0.4, 0.5) is 0 Å². The third-order valence-electron chi connectivity index (χ3n) is 1.40. The molecule has 0 rings (SSSR count). The van der Waals surface area contributed by atoms with Crippen molar-refractivity contribution in [2.24, 2.45) is 0 Å². The van der Waals surface area contributed by atoms with Gasteiger partial charge in [0.15, 0.2) is 0 Å². The summed E-state index contributed by atoms with van der Waals surface area (Å²) in [6, 6.07) is 0. The maximum atomic E-state index is 9.10. The van der Waals surface area contributed by atoms with Gasteiger partial charge in [-0.2, -0.15) is 0 Å². The van der Waals surface area contributed by atoms with Crippen LogP contribution in [0.5, 0.6) is 0 Å². The van der Waals surface area contributed by atoms with Gasteiger partial charge in [-0.05, 0) is 0 Å². The minimum Gasteiger partial charge on any atom is -0.473 e. The Morgan fingerprint density at radius 3 is 1.11 bits per heavy atom. The van der Waals surface area contributed by atoms with E-state index in [9.17, 15) is 0 Å². The van der Waals surface area contributed by atoms with Crippen LogP contribution in [0.2, 0.25) is 0 Å². The van der Waals surface area contributed by atoms with Gasteiger partial charge >= 0.3 is 11.9 Å². The first-order valence-corrected chi connectivity index (χ1v) is 5.47. The van der Waals surface area contributed by atoms with Crippen molar-refractivity contribution in [3.8, 4) is 0 Å². The zero-order valence-electron chi connectivity index (χ0n) is 10.5. The van der Waals surface area contributed by atoms with E-state index < -0.39 is 11.9 Å². The second-order valence-corrected chi connectivity index (χ2v) is 2.89. The van der Waals surface area contributed by atoms with Crippen LogP contribution in [0, 0.1) is 0 Å². The molecular formula is C10H20O9. The topological polar surface area (TPSA) is 143 Å². The van der Waals surface area contributed by atoms with Gasteiger partial charge in [-0.15, -0.1) is 0 Å². The lowest BCUT2D eigenvalue weighted by molar-refractivity contribution is -0.159. The van der Waals surface area contributed by atoms with E-state index >= 15 is 0 Å². The lowest BCUT2D eigenvalue weighted by Crippen LogP contribution is -2.11. The van der Waals surface area contributed by atoms with Crippen LogP contribution in [0.25, 0.3) is 0 Å². The quantitative estimate of drug-likeness (QED) is 0.269. The monoisotopic (exact) mass is 284 g/mol. The number of hydrogen-bond acceptors (Lipinski definition) is 7. The number of aliphatic hydroxyl groups is 2. The smallest absolute Gasteiger partial charge is 0.414 e. The number of rotatable bonds is 10. The number of aliphatic hydroxyl groups excluding tert-OH is 2. The van der Waals surface area contributed by atoms with E-state index in [4.69, 9.17) is 44.2 Å². The second kappa shape index (κ2) is 16.7. The maximum absolute atomic E-state index is 9.10. The van der Waals surface area contributed by atoms with E-state index in [0.29, 0.717) is 39.6 Å². The summed E-state index contributed by atoms with van der Waals surface area (Å²) in [5.41, 5.74) is 0. The SMILES string of the molecule is O=C(O)C(=O)O.OCCOCCOCCOCCO.